The van der Waals surface area contributed by atoms with Gasteiger partial charge in [-0.05, 0) is 0 Å². The third-order valence-electron chi connectivity index (χ3n) is 1.87. The van der Waals surface area contributed by atoms with Gasteiger partial charge in [0.1, 0.15) is 0 Å². The first-order valence-electron chi connectivity index (χ1n) is 4.86. The molecule has 0 N–H and O–H groups in total. The molecule has 0 aromatic heterocycles. The molecule has 0 fully saturated rings. The normalized spacial score (nSPS) is 10.9. The van der Waals surface area contributed by atoms with Crippen LogP contribution in [0.4, 0.5) is 0 Å². The van der Waals surface area contributed by atoms with Gasteiger partial charge >= 0.3 is 107 Å². The molecule has 0 radical (unpaired) electrons. The Hall–Kier alpha value is 0.209. The third-order valence-corrected chi connectivity index (χ3v) is 4.68. The average molecular weight is 365 g/mol. The summed E-state index contributed by atoms with van der Waals surface area (Å²) in [5.41, 5.74) is 0. The Morgan fingerprint density at radius 1 is 1.14 bits per heavy atom. The van der Waals surface area contributed by atoms with Gasteiger partial charge in [0.2, 0.25) is 0 Å². The maximum absolute atomic E-state index is 2.28. The second-order valence-corrected chi connectivity index (χ2v) is 6.19. The van der Waals surface area contributed by atoms with Crippen molar-refractivity contribution in [3.8, 4) is 0 Å². The molecule has 0 aliphatic rings. The fourth-order valence-corrected chi connectivity index (χ4v) is 3.45. The van der Waals surface area contributed by atoms with Gasteiger partial charge in [-0.1, -0.05) is 0 Å². The zero-order valence-electron chi connectivity index (χ0n) is 8.16. The van der Waals surface area contributed by atoms with Crippen LogP contribution in [-0.2, 0) is 0 Å². The molecule has 14 heavy (non-hydrogen) atoms. The Morgan fingerprint density at radius 3 is 2.64 bits per heavy atom. The van der Waals surface area contributed by atoms with E-state index in [1.807, 2.05) is 0 Å². The van der Waals surface area contributed by atoms with Crippen LogP contribution in [0, 0.1) is 0 Å². The Labute approximate surface area is 106 Å². The van der Waals surface area contributed by atoms with E-state index in [0.717, 1.165) is 0 Å². The minimum absolute atomic E-state index is 0.690. The first-order valence-corrected chi connectivity index (χ1v) is 8.18. The molecule has 2 heteroatoms. The van der Waals surface area contributed by atoms with Gasteiger partial charge in [0.15, 0.2) is 0 Å². The molecular formula is C12H15ISe. The SMILES string of the molecule is I/C=C\CCCC[Se]c1ccccc1. The molecule has 1 rings (SSSR count). The van der Waals surface area contributed by atoms with Crippen LogP contribution in [0.25, 0.3) is 0 Å². The van der Waals surface area contributed by atoms with Crippen LogP contribution in [0.5, 0.6) is 0 Å². The number of hydrogen-bond donors (Lipinski definition) is 0. The van der Waals surface area contributed by atoms with Gasteiger partial charge in [-0.15, -0.1) is 0 Å². The molecule has 0 unspecified atom stereocenters. The number of unbranched alkanes of at least 4 members (excludes halogenated alkanes) is 2. The first-order chi connectivity index (χ1) is 6.93. The zero-order chi connectivity index (χ0) is 10.1. The summed E-state index contributed by atoms with van der Waals surface area (Å²) in [6.45, 7) is 0. The molecule has 1 aromatic rings. The van der Waals surface area contributed by atoms with Gasteiger partial charge in [0, 0.05) is 0 Å². The van der Waals surface area contributed by atoms with E-state index < -0.39 is 0 Å². The van der Waals surface area contributed by atoms with Crippen LogP contribution in [0.1, 0.15) is 19.3 Å². The molecule has 0 amide bonds. The van der Waals surface area contributed by atoms with Gasteiger partial charge in [0.25, 0.3) is 0 Å². The number of benzene rings is 1. The molecule has 0 bridgehead atoms. The fraction of sp³-hybridized carbons (Fsp3) is 0.333. The molecule has 0 aliphatic carbocycles. The molecule has 0 nitrogen and oxygen atoms in total. The summed E-state index contributed by atoms with van der Waals surface area (Å²) in [6.07, 6.45) is 6.20. The van der Waals surface area contributed by atoms with E-state index in [0.29, 0.717) is 15.0 Å². The zero-order valence-corrected chi connectivity index (χ0v) is 12.0. The third kappa shape index (κ3) is 5.84. The van der Waals surface area contributed by atoms with E-state index in [1.165, 1.54) is 29.0 Å². The van der Waals surface area contributed by atoms with E-state index >= 15 is 0 Å². The number of halogens is 1. The predicted octanol–water partition coefficient (Wildman–Crippen LogP) is 3.55. The summed E-state index contributed by atoms with van der Waals surface area (Å²) in [7, 11) is 0. The summed E-state index contributed by atoms with van der Waals surface area (Å²) in [5, 5.41) is 1.38. The van der Waals surface area contributed by atoms with E-state index in [2.05, 4.69) is 63.1 Å². The van der Waals surface area contributed by atoms with Gasteiger partial charge in [-0.25, -0.2) is 0 Å². The van der Waals surface area contributed by atoms with E-state index in [1.54, 1.807) is 0 Å². The Bertz CT molecular complexity index is 256. The first kappa shape index (κ1) is 12.3. The summed E-state index contributed by atoms with van der Waals surface area (Å²) >= 11 is 2.97. The molecule has 0 saturated heterocycles. The van der Waals surface area contributed by atoms with Crippen LogP contribution >= 0.6 is 22.6 Å². The van der Waals surface area contributed by atoms with Crippen LogP contribution in [-0.4, -0.2) is 15.0 Å². The molecule has 0 spiro atoms. The second-order valence-electron chi connectivity index (χ2n) is 3.02. The quantitative estimate of drug-likeness (QED) is 0.411. The van der Waals surface area contributed by atoms with Gasteiger partial charge < -0.3 is 0 Å². The maximum atomic E-state index is 2.28. The second kappa shape index (κ2) is 8.51. The average Bonchev–Trinajstić information content (AvgIpc) is 2.25. The topological polar surface area (TPSA) is 0 Å². The Morgan fingerprint density at radius 2 is 1.93 bits per heavy atom. The molecule has 0 heterocycles. The molecule has 1 aromatic carbocycles. The Balaban J connectivity index is 2.05. The molecular weight excluding hydrogens is 350 g/mol. The van der Waals surface area contributed by atoms with Crippen molar-refractivity contribution in [1.29, 1.82) is 0 Å². The summed E-state index contributed by atoms with van der Waals surface area (Å²) in [6, 6.07) is 10.8. The van der Waals surface area contributed by atoms with Crippen molar-refractivity contribution in [2.45, 2.75) is 24.6 Å². The fourth-order valence-electron chi connectivity index (χ4n) is 1.13. The minimum atomic E-state index is 0.690. The summed E-state index contributed by atoms with van der Waals surface area (Å²) in [4.78, 5) is 0. The van der Waals surface area contributed by atoms with Crippen LogP contribution < -0.4 is 4.46 Å². The molecule has 0 aliphatic heterocycles. The van der Waals surface area contributed by atoms with E-state index in [9.17, 15) is 0 Å². The number of allylic oxidation sites excluding steroid dienone is 1. The van der Waals surface area contributed by atoms with Crippen LogP contribution in [0.15, 0.2) is 40.5 Å². The monoisotopic (exact) mass is 366 g/mol. The van der Waals surface area contributed by atoms with Crippen molar-refractivity contribution in [3.63, 3.8) is 0 Å². The predicted molar refractivity (Wildman–Crippen MR) is 73.6 cm³/mol. The van der Waals surface area contributed by atoms with Crippen molar-refractivity contribution in [1.82, 2.24) is 0 Å². The van der Waals surface area contributed by atoms with Crippen LogP contribution in [0.3, 0.4) is 0 Å². The standard InChI is InChI=1S/C12H15ISe/c13-10-6-1-2-7-11-14-12-8-4-3-5-9-12/h3-6,8-10H,1-2,7,11H2/b10-6-. The van der Waals surface area contributed by atoms with Crippen molar-refractivity contribution in [2.24, 2.45) is 0 Å². The van der Waals surface area contributed by atoms with E-state index in [4.69, 9.17) is 0 Å². The summed E-state index contributed by atoms with van der Waals surface area (Å²) < 4.78 is 3.64. The van der Waals surface area contributed by atoms with Crippen molar-refractivity contribution in [2.75, 3.05) is 0 Å². The Kier molecular flexibility index (Phi) is 7.47. The van der Waals surface area contributed by atoms with Crippen molar-refractivity contribution < 1.29 is 0 Å². The molecule has 0 atom stereocenters. The van der Waals surface area contributed by atoms with Gasteiger partial charge in [-0.3, -0.25) is 0 Å². The van der Waals surface area contributed by atoms with Gasteiger partial charge in [-0.2, -0.15) is 0 Å². The van der Waals surface area contributed by atoms with Crippen molar-refractivity contribution >= 4 is 42.0 Å². The number of rotatable bonds is 6. The van der Waals surface area contributed by atoms with Crippen molar-refractivity contribution in [3.05, 3.63) is 40.5 Å². The summed E-state index contributed by atoms with van der Waals surface area (Å²) in [5.74, 6) is 0. The van der Waals surface area contributed by atoms with Gasteiger partial charge in [0.05, 0.1) is 0 Å². The number of hydrogen-bond acceptors (Lipinski definition) is 0. The molecule has 0 saturated carbocycles. The van der Waals surface area contributed by atoms with Crippen LogP contribution in [0.2, 0.25) is 5.32 Å². The van der Waals surface area contributed by atoms with E-state index in [-0.39, 0.29) is 0 Å². The molecule has 76 valence electrons.